The molecule has 0 radical (unpaired) electrons. The zero-order valence-corrected chi connectivity index (χ0v) is 36.6. The summed E-state index contributed by atoms with van der Waals surface area (Å²) < 4.78 is 0. The molecular formula is C64H47N. The summed E-state index contributed by atoms with van der Waals surface area (Å²) in [4.78, 5) is 2.51. The topological polar surface area (TPSA) is 3.24 Å². The molecule has 0 unspecified atom stereocenters. The van der Waals surface area contributed by atoms with E-state index >= 15 is 0 Å². The minimum absolute atomic E-state index is 0.481. The van der Waals surface area contributed by atoms with Crippen molar-refractivity contribution in [2.75, 3.05) is 4.90 Å². The molecule has 0 amide bonds. The van der Waals surface area contributed by atoms with Crippen LogP contribution in [0.1, 0.15) is 55.6 Å². The van der Waals surface area contributed by atoms with Crippen LogP contribution in [0, 0.1) is 13.8 Å². The maximum absolute atomic E-state index is 2.51. The van der Waals surface area contributed by atoms with Gasteiger partial charge in [0.15, 0.2) is 0 Å². The number of hydrogen-bond acceptors (Lipinski definition) is 1. The molecule has 0 bridgehead atoms. The molecule has 0 aromatic heterocycles. The van der Waals surface area contributed by atoms with Crippen molar-refractivity contribution in [3.05, 3.63) is 304 Å². The van der Waals surface area contributed by atoms with Crippen molar-refractivity contribution in [3.8, 4) is 33.4 Å². The first-order chi connectivity index (χ1) is 32.1. The minimum Gasteiger partial charge on any atom is -0.310 e. The van der Waals surface area contributed by atoms with Crippen molar-refractivity contribution in [1.82, 2.24) is 0 Å². The van der Waals surface area contributed by atoms with Crippen molar-refractivity contribution >= 4 is 17.1 Å². The number of anilines is 3. The van der Waals surface area contributed by atoms with Crippen LogP contribution in [0.3, 0.4) is 0 Å². The van der Waals surface area contributed by atoms with Gasteiger partial charge in [0.1, 0.15) is 0 Å². The predicted molar refractivity (Wildman–Crippen MR) is 271 cm³/mol. The van der Waals surface area contributed by atoms with E-state index in [1.807, 2.05) is 0 Å². The molecule has 12 rings (SSSR count). The molecule has 0 aliphatic heterocycles. The number of benzene rings is 10. The van der Waals surface area contributed by atoms with Gasteiger partial charge in [-0.2, -0.15) is 0 Å². The van der Waals surface area contributed by atoms with Crippen molar-refractivity contribution < 1.29 is 0 Å². The summed E-state index contributed by atoms with van der Waals surface area (Å²) in [5.74, 6) is 0. The van der Waals surface area contributed by atoms with Gasteiger partial charge in [-0.1, -0.05) is 212 Å². The van der Waals surface area contributed by atoms with E-state index in [0.29, 0.717) is 0 Å². The van der Waals surface area contributed by atoms with Gasteiger partial charge in [0.05, 0.1) is 16.5 Å². The number of nitrogens with zero attached hydrogens (tertiary/aromatic N) is 1. The van der Waals surface area contributed by atoms with Crippen molar-refractivity contribution in [2.45, 2.75) is 24.7 Å². The second kappa shape index (κ2) is 15.4. The van der Waals surface area contributed by atoms with Gasteiger partial charge in [-0.15, -0.1) is 0 Å². The molecule has 2 aliphatic rings. The Kier molecular flexibility index (Phi) is 9.14. The summed E-state index contributed by atoms with van der Waals surface area (Å²) in [6.45, 7) is 4.54. The van der Waals surface area contributed by atoms with Crippen molar-refractivity contribution in [1.29, 1.82) is 0 Å². The van der Waals surface area contributed by atoms with Crippen LogP contribution in [0.15, 0.2) is 249 Å². The van der Waals surface area contributed by atoms with Crippen molar-refractivity contribution in [2.24, 2.45) is 0 Å². The number of aryl methyl sites for hydroxylation is 2. The maximum Gasteiger partial charge on any atom is 0.0714 e. The lowest BCUT2D eigenvalue weighted by atomic mass is 9.67. The lowest BCUT2D eigenvalue weighted by Gasteiger charge is -2.36. The molecule has 0 saturated carbocycles. The van der Waals surface area contributed by atoms with Gasteiger partial charge in [0, 0.05) is 11.4 Å². The fraction of sp³-hybridized carbons (Fsp3) is 0.0625. The first kappa shape index (κ1) is 38.7. The lowest BCUT2D eigenvalue weighted by Crippen LogP contribution is -2.29. The standard InChI is InChI=1S/C64H47N/c1-44-41-47(46-21-7-3-8-22-46)42-45(2)62(44)65(52-37-35-51(36-38-52)63(48-23-9-4-10-24-48)58-32-18-15-29-54(58)55-30-16-19-33-59(55)63)53-39-40-57-56-31-17-20-34-60(56)64(61(57)43-53,49-25-11-5-12-26-49)50-27-13-6-14-28-50/h3-43H,1-2H3. The average Bonchev–Trinajstić information content (AvgIpc) is 3.84. The van der Waals surface area contributed by atoms with Crippen LogP contribution in [0.5, 0.6) is 0 Å². The van der Waals surface area contributed by atoms with E-state index in [1.54, 1.807) is 0 Å². The fourth-order valence-electron chi connectivity index (χ4n) is 11.7. The van der Waals surface area contributed by atoms with E-state index in [9.17, 15) is 0 Å². The number of hydrogen-bond donors (Lipinski definition) is 0. The molecule has 10 aromatic carbocycles. The third-order valence-corrected chi connectivity index (χ3v) is 14.2. The third-order valence-electron chi connectivity index (χ3n) is 14.2. The molecule has 0 spiro atoms. The zero-order chi connectivity index (χ0) is 43.5. The summed E-state index contributed by atoms with van der Waals surface area (Å²) in [5, 5.41) is 0. The van der Waals surface area contributed by atoms with Gasteiger partial charge in [0.25, 0.3) is 0 Å². The molecule has 10 aromatic rings. The highest BCUT2D eigenvalue weighted by Gasteiger charge is 2.47. The van der Waals surface area contributed by atoms with Gasteiger partial charge in [-0.3, -0.25) is 0 Å². The SMILES string of the molecule is Cc1cc(-c2ccccc2)cc(C)c1N(c1ccc(C2(c3ccccc3)c3ccccc3-c3ccccc32)cc1)c1ccc2c(c1)C(c1ccccc1)(c1ccccc1)c1ccccc1-2. The Labute approximate surface area is 382 Å². The maximum atomic E-state index is 2.51. The van der Waals surface area contributed by atoms with E-state index in [4.69, 9.17) is 0 Å². The summed E-state index contributed by atoms with van der Waals surface area (Å²) >= 11 is 0. The Morgan fingerprint density at radius 1 is 0.277 bits per heavy atom. The van der Waals surface area contributed by atoms with Gasteiger partial charge in [-0.05, 0) is 139 Å². The van der Waals surface area contributed by atoms with Crippen LogP contribution >= 0.6 is 0 Å². The Morgan fingerprint density at radius 2 is 0.631 bits per heavy atom. The van der Waals surface area contributed by atoms with E-state index in [0.717, 1.165) is 11.4 Å². The highest BCUT2D eigenvalue weighted by atomic mass is 15.1. The quantitative estimate of drug-likeness (QED) is 0.147. The predicted octanol–water partition coefficient (Wildman–Crippen LogP) is 16.2. The van der Waals surface area contributed by atoms with Gasteiger partial charge < -0.3 is 4.90 Å². The molecule has 0 heterocycles. The van der Waals surface area contributed by atoms with E-state index in [-0.39, 0.29) is 0 Å². The average molecular weight is 830 g/mol. The largest absolute Gasteiger partial charge is 0.310 e. The van der Waals surface area contributed by atoms with Crippen LogP contribution in [-0.4, -0.2) is 0 Å². The molecule has 1 nitrogen and oxygen atoms in total. The molecule has 0 saturated heterocycles. The van der Waals surface area contributed by atoms with E-state index in [1.165, 1.54) is 94.7 Å². The smallest absolute Gasteiger partial charge is 0.0714 e. The fourth-order valence-corrected chi connectivity index (χ4v) is 11.7. The third kappa shape index (κ3) is 5.79. The lowest BCUT2D eigenvalue weighted by molar-refractivity contribution is 0.767. The molecule has 308 valence electrons. The summed E-state index contributed by atoms with van der Waals surface area (Å²) in [5.41, 5.74) is 22.7. The highest BCUT2D eigenvalue weighted by molar-refractivity contribution is 5.91. The van der Waals surface area contributed by atoms with E-state index in [2.05, 4.69) is 267 Å². The van der Waals surface area contributed by atoms with Gasteiger partial charge in [-0.25, -0.2) is 0 Å². The molecule has 1 heteroatoms. The van der Waals surface area contributed by atoms with Gasteiger partial charge >= 0.3 is 0 Å². The van der Waals surface area contributed by atoms with Crippen molar-refractivity contribution in [3.63, 3.8) is 0 Å². The van der Waals surface area contributed by atoms with Gasteiger partial charge in [0.2, 0.25) is 0 Å². The number of rotatable bonds is 8. The Balaban J connectivity index is 1.10. The monoisotopic (exact) mass is 829 g/mol. The first-order valence-corrected chi connectivity index (χ1v) is 22.8. The molecular weight excluding hydrogens is 783 g/mol. The molecule has 65 heavy (non-hydrogen) atoms. The molecule has 0 fully saturated rings. The Bertz CT molecular complexity index is 3260. The van der Waals surface area contributed by atoms with Crippen LogP contribution in [0.25, 0.3) is 33.4 Å². The number of fused-ring (bicyclic) bond motifs is 6. The zero-order valence-electron chi connectivity index (χ0n) is 36.6. The van der Waals surface area contributed by atoms with Crippen LogP contribution < -0.4 is 4.90 Å². The normalized spacial score (nSPS) is 13.6. The summed E-state index contributed by atoms with van der Waals surface area (Å²) in [7, 11) is 0. The van der Waals surface area contributed by atoms with Crippen LogP contribution in [0.2, 0.25) is 0 Å². The molecule has 0 atom stereocenters. The first-order valence-electron chi connectivity index (χ1n) is 22.8. The second-order valence-electron chi connectivity index (χ2n) is 17.7. The summed E-state index contributed by atoms with van der Waals surface area (Å²) in [6, 6.07) is 92.4. The molecule has 2 aliphatic carbocycles. The Hall–Kier alpha value is -8.00. The molecule has 0 N–H and O–H groups in total. The second-order valence-corrected chi connectivity index (χ2v) is 17.7. The minimum atomic E-state index is -0.521. The Morgan fingerprint density at radius 3 is 1.09 bits per heavy atom. The highest BCUT2D eigenvalue weighted by Crippen LogP contribution is 2.59. The van der Waals surface area contributed by atoms with Crippen LogP contribution in [-0.2, 0) is 10.8 Å². The van der Waals surface area contributed by atoms with Crippen LogP contribution in [0.4, 0.5) is 17.1 Å². The summed E-state index contributed by atoms with van der Waals surface area (Å²) in [6.07, 6.45) is 0. The van der Waals surface area contributed by atoms with E-state index < -0.39 is 10.8 Å².